The molecule has 4 unspecified atom stereocenters. The Hall–Kier alpha value is -3.28. The van der Waals surface area contributed by atoms with Crippen LogP contribution in [0.5, 0.6) is 0 Å². The second kappa shape index (κ2) is 11.0. The lowest BCUT2D eigenvalue weighted by Gasteiger charge is -2.33. The van der Waals surface area contributed by atoms with Crippen LogP contribution in [0.2, 0.25) is 0 Å². The van der Waals surface area contributed by atoms with Crippen molar-refractivity contribution in [3.8, 4) is 0 Å². The Morgan fingerprint density at radius 1 is 1.11 bits per heavy atom. The van der Waals surface area contributed by atoms with E-state index in [-0.39, 0.29) is 18.1 Å². The highest BCUT2D eigenvalue weighted by Crippen LogP contribution is 2.27. The first-order valence-corrected chi connectivity index (χ1v) is 12.6. The van der Waals surface area contributed by atoms with Gasteiger partial charge in [0.25, 0.3) is 0 Å². The number of para-hydroxylation sites is 1. The first-order valence-electron chi connectivity index (χ1n) is 12.6. The van der Waals surface area contributed by atoms with Crippen LogP contribution in [0.1, 0.15) is 50.7 Å². The zero-order valence-corrected chi connectivity index (χ0v) is 20.7. The van der Waals surface area contributed by atoms with Crippen LogP contribution in [-0.4, -0.2) is 34.7 Å². The molecule has 6 heteroatoms. The van der Waals surface area contributed by atoms with Crippen LogP contribution in [0, 0.1) is 12.8 Å². The number of ether oxygens (including phenoxy) is 1. The maximum absolute atomic E-state index is 13.6. The summed E-state index contributed by atoms with van der Waals surface area (Å²) >= 11 is 0. The van der Waals surface area contributed by atoms with Gasteiger partial charge in [-0.05, 0) is 62.6 Å². The molecule has 2 aromatic carbocycles. The van der Waals surface area contributed by atoms with Gasteiger partial charge in [-0.3, -0.25) is 4.79 Å². The minimum atomic E-state index is -1.22. The molecule has 3 N–H and O–H groups in total. The number of aromatic nitrogens is 1. The van der Waals surface area contributed by atoms with Gasteiger partial charge in [-0.2, -0.15) is 0 Å². The van der Waals surface area contributed by atoms with Crippen LogP contribution in [0.4, 0.5) is 4.79 Å². The molecule has 6 nitrogen and oxygen atoms in total. The predicted molar refractivity (Wildman–Crippen MR) is 139 cm³/mol. The number of nitrogens with one attached hydrogen (secondary N) is 3. The van der Waals surface area contributed by atoms with Gasteiger partial charge in [0.1, 0.15) is 11.6 Å². The Kier molecular flexibility index (Phi) is 7.79. The molecule has 0 saturated heterocycles. The van der Waals surface area contributed by atoms with Gasteiger partial charge in [0.2, 0.25) is 5.91 Å². The minimum absolute atomic E-state index is 0.122. The zero-order valence-electron chi connectivity index (χ0n) is 20.7. The number of aromatic amines is 1. The molecule has 4 atom stereocenters. The normalized spacial score (nSPS) is 20.5. The van der Waals surface area contributed by atoms with Crippen LogP contribution in [-0.2, 0) is 22.4 Å². The average molecular weight is 475 g/mol. The lowest BCUT2D eigenvalue weighted by molar-refractivity contribution is -0.127. The molecule has 0 aliphatic heterocycles. The van der Waals surface area contributed by atoms with Crippen molar-refractivity contribution in [2.45, 2.75) is 70.1 Å². The summed E-state index contributed by atoms with van der Waals surface area (Å²) < 4.78 is 5.80. The van der Waals surface area contributed by atoms with Gasteiger partial charge in [-0.15, -0.1) is 0 Å². The largest absolute Gasteiger partial charge is 0.446 e. The number of amides is 2. The summed E-state index contributed by atoms with van der Waals surface area (Å²) in [4.78, 5) is 29.9. The summed E-state index contributed by atoms with van der Waals surface area (Å²) in [7, 11) is 0. The van der Waals surface area contributed by atoms with E-state index in [1.54, 1.807) is 6.92 Å². The summed E-state index contributed by atoms with van der Waals surface area (Å²) in [6.07, 6.45) is 6.26. The number of rotatable bonds is 8. The van der Waals surface area contributed by atoms with Gasteiger partial charge >= 0.3 is 6.09 Å². The summed E-state index contributed by atoms with van der Waals surface area (Å²) in [5.74, 6) is 0.0330. The van der Waals surface area contributed by atoms with E-state index in [1.807, 2.05) is 60.8 Å². The van der Waals surface area contributed by atoms with Crippen LogP contribution in [0.25, 0.3) is 10.9 Å². The Bertz CT molecular complexity index is 1140. The van der Waals surface area contributed by atoms with Gasteiger partial charge in [0, 0.05) is 29.6 Å². The molecule has 1 aliphatic rings. The summed E-state index contributed by atoms with van der Waals surface area (Å²) in [6, 6.07) is 17.5. The van der Waals surface area contributed by atoms with Gasteiger partial charge in [0.15, 0.2) is 0 Å². The van der Waals surface area contributed by atoms with E-state index >= 15 is 0 Å². The van der Waals surface area contributed by atoms with Gasteiger partial charge in [-0.25, -0.2) is 4.79 Å². The third-order valence-corrected chi connectivity index (χ3v) is 7.05. The van der Waals surface area contributed by atoms with E-state index in [0.29, 0.717) is 18.8 Å². The van der Waals surface area contributed by atoms with E-state index < -0.39 is 11.6 Å². The van der Waals surface area contributed by atoms with Crippen molar-refractivity contribution in [1.29, 1.82) is 0 Å². The minimum Gasteiger partial charge on any atom is -0.446 e. The first-order chi connectivity index (χ1) is 16.8. The topological polar surface area (TPSA) is 83.2 Å². The van der Waals surface area contributed by atoms with Crippen molar-refractivity contribution in [1.82, 2.24) is 15.6 Å². The van der Waals surface area contributed by atoms with Crippen molar-refractivity contribution < 1.29 is 14.3 Å². The van der Waals surface area contributed by atoms with Gasteiger partial charge in [-0.1, -0.05) is 61.9 Å². The average Bonchev–Trinajstić information content (AvgIpc) is 3.23. The summed E-state index contributed by atoms with van der Waals surface area (Å²) in [5, 5.41) is 6.96. The number of H-pyrrole nitrogens is 1. The monoisotopic (exact) mass is 474 g/mol. The van der Waals surface area contributed by atoms with E-state index in [0.717, 1.165) is 47.7 Å². The van der Waals surface area contributed by atoms with Crippen LogP contribution in [0.3, 0.4) is 0 Å². The molecule has 4 rings (SSSR count). The highest BCUT2D eigenvalue weighted by molar-refractivity contribution is 5.91. The fourth-order valence-corrected chi connectivity index (χ4v) is 4.98. The fourth-order valence-electron chi connectivity index (χ4n) is 4.98. The molecule has 1 aromatic heterocycles. The number of benzene rings is 2. The number of hydrogen-bond donors (Lipinski definition) is 3. The molecule has 185 valence electrons. The molecule has 1 aliphatic carbocycles. The molecule has 1 fully saturated rings. The molecule has 2 amide bonds. The SMILES string of the molecule is [CH2]C(Cc1ccccc1)NC(=O)C(C)(Cc1c[nH]c2ccccc12)NC(=O)OC1CCCCC1C. The smallest absolute Gasteiger partial charge is 0.408 e. The Balaban J connectivity index is 1.51. The Morgan fingerprint density at radius 2 is 1.83 bits per heavy atom. The van der Waals surface area contributed by atoms with Crippen molar-refractivity contribution in [2.24, 2.45) is 5.92 Å². The maximum Gasteiger partial charge on any atom is 0.408 e. The summed E-state index contributed by atoms with van der Waals surface area (Å²) in [6.45, 7) is 8.01. The highest BCUT2D eigenvalue weighted by Gasteiger charge is 2.38. The third kappa shape index (κ3) is 6.24. The standard InChI is InChI=1S/C29H36N3O3/c1-20-11-7-10-16-26(20)35-28(34)32-29(3,18-23-19-30-25-15-9-8-14-24(23)25)27(33)31-21(2)17-22-12-5-4-6-13-22/h4-6,8-9,12-15,19-21,26,30H,2,7,10-11,16-18H2,1,3H3,(H,31,33)(H,32,34). The maximum atomic E-state index is 13.6. The number of fused-ring (bicyclic) bond motifs is 1. The number of carbonyl (C=O) groups is 2. The van der Waals surface area contributed by atoms with Crippen molar-refractivity contribution in [3.05, 3.63) is 78.8 Å². The quantitative estimate of drug-likeness (QED) is 0.412. The number of alkyl carbamates (subject to hydrolysis) is 1. The van der Waals surface area contributed by atoms with E-state index in [2.05, 4.69) is 29.5 Å². The van der Waals surface area contributed by atoms with E-state index in [9.17, 15) is 9.59 Å². The van der Waals surface area contributed by atoms with Crippen LogP contribution >= 0.6 is 0 Å². The molecule has 1 radical (unpaired) electrons. The molecule has 1 saturated carbocycles. The van der Waals surface area contributed by atoms with E-state index in [1.165, 1.54) is 0 Å². The van der Waals surface area contributed by atoms with Crippen molar-refractivity contribution >= 4 is 22.9 Å². The molecule has 0 bridgehead atoms. The second-order valence-corrected chi connectivity index (χ2v) is 10.1. The number of hydrogen-bond acceptors (Lipinski definition) is 3. The van der Waals surface area contributed by atoms with Crippen molar-refractivity contribution in [3.63, 3.8) is 0 Å². The molecule has 1 heterocycles. The fraction of sp³-hybridized carbons (Fsp3) is 0.414. The lowest BCUT2D eigenvalue weighted by atomic mass is 9.88. The molecule has 0 spiro atoms. The zero-order chi connectivity index (χ0) is 24.8. The van der Waals surface area contributed by atoms with Crippen molar-refractivity contribution in [2.75, 3.05) is 0 Å². The molecule has 3 aromatic rings. The third-order valence-electron chi connectivity index (χ3n) is 7.05. The summed E-state index contributed by atoms with van der Waals surface area (Å²) in [5.41, 5.74) is 1.81. The first kappa shape index (κ1) is 24.8. The van der Waals surface area contributed by atoms with Crippen LogP contribution in [0.15, 0.2) is 60.8 Å². The van der Waals surface area contributed by atoms with Gasteiger partial charge < -0.3 is 20.4 Å². The Morgan fingerprint density at radius 3 is 2.60 bits per heavy atom. The van der Waals surface area contributed by atoms with Gasteiger partial charge in [0.05, 0.1) is 0 Å². The number of carbonyl (C=O) groups excluding carboxylic acids is 2. The molecular formula is C29H36N3O3. The van der Waals surface area contributed by atoms with E-state index in [4.69, 9.17) is 4.74 Å². The Labute approximate surface area is 207 Å². The molecule has 35 heavy (non-hydrogen) atoms. The lowest BCUT2D eigenvalue weighted by Crippen LogP contribution is -2.60. The highest BCUT2D eigenvalue weighted by atomic mass is 16.6. The second-order valence-electron chi connectivity index (χ2n) is 10.1. The molecular weight excluding hydrogens is 438 g/mol. The predicted octanol–water partition coefficient (Wildman–Crippen LogP) is 5.34. The van der Waals surface area contributed by atoms with Crippen LogP contribution < -0.4 is 10.6 Å².